The third-order valence-corrected chi connectivity index (χ3v) is 1.65. The van der Waals surface area contributed by atoms with E-state index in [1.807, 2.05) is 6.92 Å². The first kappa shape index (κ1) is 7.35. The lowest BCUT2D eigenvalue weighted by molar-refractivity contribution is 0.467. The van der Waals surface area contributed by atoms with Gasteiger partial charge in [0.25, 0.3) is 0 Å². The third-order valence-electron chi connectivity index (χ3n) is 1.38. The Morgan fingerprint density at radius 3 is 2.70 bits per heavy atom. The highest BCUT2D eigenvalue weighted by molar-refractivity contribution is 6.17. The average Bonchev–Trinajstić information content (AvgIpc) is 1.88. The second-order valence-corrected chi connectivity index (χ2v) is 2.35. The summed E-state index contributed by atoms with van der Waals surface area (Å²) in [5, 5.41) is 9.14. The number of rotatable bonds is 1. The van der Waals surface area contributed by atoms with E-state index in [-0.39, 0.29) is 5.75 Å². The minimum Gasteiger partial charge on any atom is -0.506 e. The second-order valence-electron chi connectivity index (χ2n) is 2.09. The quantitative estimate of drug-likeness (QED) is 0.631. The fourth-order valence-electron chi connectivity index (χ4n) is 0.751. The predicted octanol–water partition coefficient (Wildman–Crippen LogP) is 1.83. The van der Waals surface area contributed by atoms with Gasteiger partial charge in [-0.1, -0.05) is 0 Å². The first-order valence-corrected chi connectivity index (χ1v) is 3.47. The Balaban J connectivity index is 3.17. The highest BCUT2D eigenvalue weighted by Crippen LogP contribution is 2.19. The van der Waals surface area contributed by atoms with E-state index in [0.717, 1.165) is 11.1 Å². The maximum absolute atomic E-state index is 9.14. The monoisotopic (exact) mass is 157 g/mol. The van der Waals surface area contributed by atoms with Crippen LogP contribution in [0.15, 0.2) is 12.4 Å². The van der Waals surface area contributed by atoms with Gasteiger partial charge in [-0.2, -0.15) is 0 Å². The van der Waals surface area contributed by atoms with Gasteiger partial charge in [0.2, 0.25) is 0 Å². The standard InChI is InChI=1S/C7H8ClNO/c1-5-3-9-4-7(10)6(5)2-8/h3-4,10H,2H2,1H3. The first-order valence-electron chi connectivity index (χ1n) is 2.94. The number of aromatic nitrogens is 1. The summed E-state index contributed by atoms with van der Waals surface area (Å²) in [7, 11) is 0. The van der Waals surface area contributed by atoms with Gasteiger partial charge >= 0.3 is 0 Å². The van der Waals surface area contributed by atoms with Crippen molar-refractivity contribution in [2.24, 2.45) is 0 Å². The van der Waals surface area contributed by atoms with Crippen LogP contribution in [0.25, 0.3) is 0 Å². The molecule has 0 aliphatic heterocycles. The van der Waals surface area contributed by atoms with E-state index in [1.165, 1.54) is 6.20 Å². The molecule has 1 aromatic rings. The molecule has 1 rings (SSSR count). The van der Waals surface area contributed by atoms with E-state index in [2.05, 4.69) is 4.98 Å². The van der Waals surface area contributed by atoms with Gasteiger partial charge in [-0.3, -0.25) is 4.98 Å². The molecule has 0 saturated carbocycles. The van der Waals surface area contributed by atoms with Crippen molar-refractivity contribution in [1.29, 1.82) is 0 Å². The lowest BCUT2D eigenvalue weighted by atomic mass is 10.2. The Hall–Kier alpha value is -0.760. The molecule has 1 aromatic heterocycles. The summed E-state index contributed by atoms with van der Waals surface area (Å²) in [5.74, 6) is 0.509. The van der Waals surface area contributed by atoms with Crippen molar-refractivity contribution < 1.29 is 5.11 Å². The summed E-state index contributed by atoms with van der Waals surface area (Å²) in [6, 6.07) is 0. The molecule has 3 heteroatoms. The smallest absolute Gasteiger partial charge is 0.138 e. The van der Waals surface area contributed by atoms with Crippen LogP contribution in [0, 0.1) is 6.92 Å². The van der Waals surface area contributed by atoms with Gasteiger partial charge in [0.1, 0.15) is 5.75 Å². The predicted molar refractivity (Wildman–Crippen MR) is 40.2 cm³/mol. The molecule has 0 saturated heterocycles. The van der Waals surface area contributed by atoms with Crippen LogP contribution in [-0.4, -0.2) is 10.1 Å². The zero-order chi connectivity index (χ0) is 7.56. The normalized spacial score (nSPS) is 9.80. The molecule has 54 valence electrons. The summed E-state index contributed by atoms with van der Waals surface area (Å²) in [6.45, 7) is 1.87. The number of pyridine rings is 1. The second kappa shape index (κ2) is 2.88. The molecule has 0 spiro atoms. The maximum atomic E-state index is 9.14. The first-order chi connectivity index (χ1) is 4.75. The van der Waals surface area contributed by atoms with Crippen molar-refractivity contribution in [3.05, 3.63) is 23.5 Å². The van der Waals surface area contributed by atoms with Crippen LogP contribution in [0.5, 0.6) is 5.75 Å². The van der Waals surface area contributed by atoms with Crippen LogP contribution in [0.4, 0.5) is 0 Å². The molecule has 0 fully saturated rings. The maximum Gasteiger partial charge on any atom is 0.138 e. The van der Waals surface area contributed by atoms with Crippen molar-refractivity contribution in [2.75, 3.05) is 0 Å². The fraction of sp³-hybridized carbons (Fsp3) is 0.286. The van der Waals surface area contributed by atoms with Crippen LogP contribution in [-0.2, 0) is 5.88 Å². The number of hydrogen-bond acceptors (Lipinski definition) is 2. The summed E-state index contributed by atoms with van der Waals surface area (Å²) in [5.41, 5.74) is 1.69. The molecule has 1 N–H and O–H groups in total. The average molecular weight is 158 g/mol. The number of aryl methyl sites for hydroxylation is 1. The lowest BCUT2D eigenvalue weighted by Crippen LogP contribution is -1.86. The van der Waals surface area contributed by atoms with Crippen LogP contribution >= 0.6 is 11.6 Å². The number of alkyl halides is 1. The van der Waals surface area contributed by atoms with E-state index in [1.54, 1.807) is 6.20 Å². The van der Waals surface area contributed by atoms with Crippen LogP contribution < -0.4 is 0 Å². The van der Waals surface area contributed by atoms with Crippen molar-refractivity contribution in [1.82, 2.24) is 4.98 Å². The molecule has 0 bridgehead atoms. The van der Waals surface area contributed by atoms with Crippen molar-refractivity contribution >= 4 is 11.6 Å². The van der Waals surface area contributed by atoms with E-state index in [4.69, 9.17) is 16.7 Å². The van der Waals surface area contributed by atoms with Crippen molar-refractivity contribution in [2.45, 2.75) is 12.8 Å². The van der Waals surface area contributed by atoms with Gasteiger partial charge < -0.3 is 5.11 Å². The Labute approximate surface area is 64.5 Å². The summed E-state index contributed by atoms with van der Waals surface area (Å²) >= 11 is 5.55. The Bertz CT molecular complexity index is 217. The van der Waals surface area contributed by atoms with E-state index < -0.39 is 0 Å². The number of nitrogens with zero attached hydrogens (tertiary/aromatic N) is 1. The van der Waals surface area contributed by atoms with Gasteiger partial charge in [0.05, 0.1) is 12.1 Å². The Kier molecular flexibility index (Phi) is 2.12. The Morgan fingerprint density at radius 2 is 2.30 bits per heavy atom. The Morgan fingerprint density at radius 1 is 1.60 bits per heavy atom. The zero-order valence-electron chi connectivity index (χ0n) is 5.63. The molecular formula is C7H8ClNO. The highest BCUT2D eigenvalue weighted by atomic mass is 35.5. The topological polar surface area (TPSA) is 33.1 Å². The molecule has 10 heavy (non-hydrogen) atoms. The number of hydrogen-bond donors (Lipinski definition) is 1. The van der Waals surface area contributed by atoms with Crippen LogP contribution in [0.3, 0.4) is 0 Å². The van der Waals surface area contributed by atoms with Crippen molar-refractivity contribution in [3.63, 3.8) is 0 Å². The number of halogens is 1. The largest absolute Gasteiger partial charge is 0.506 e. The lowest BCUT2D eigenvalue weighted by Gasteiger charge is -2.01. The fourth-order valence-corrected chi connectivity index (χ4v) is 1.10. The minimum atomic E-state index is 0.176. The number of aromatic hydroxyl groups is 1. The molecule has 0 aliphatic carbocycles. The molecule has 0 amide bonds. The molecule has 0 aliphatic rings. The van der Waals surface area contributed by atoms with E-state index in [0.29, 0.717) is 5.88 Å². The molecule has 0 aromatic carbocycles. The summed E-state index contributed by atoms with van der Waals surface area (Å²) in [6.07, 6.45) is 3.07. The third kappa shape index (κ3) is 1.21. The molecule has 0 unspecified atom stereocenters. The van der Waals surface area contributed by atoms with Gasteiger partial charge in [0.15, 0.2) is 0 Å². The molecular weight excluding hydrogens is 150 g/mol. The summed E-state index contributed by atoms with van der Waals surface area (Å²) in [4.78, 5) is 3.78. The molecule has 1 heterocycles. The summed E-state index contributed by atoms with van der Waals surface area (Å²) < 4.78 is 0. The SMILES string of the molecule is Cc1cncc(O)c1CCl. The van der Waals surface area contributed by atoms with Gasteiger partial charge in [0, 0.05) is 11.8 Å². The van der Waals surface area contributed by atoms with Crippen LogP contribution in [0.2, 0.25) is 0 Å². The molecule has 0 radical (unpaired) electrons. The zero-order valence-corrected chi connectivity index (χ0v) is 6.39. The van der Waals surface area contributed by atoms with E-state index in [9.17, 15) is 0 Å². The van der Waals surface area contributed by atoms with Gasteiger partial charge in [-0.15, -0.1) is 11.6 Å². The van der Waals surface area contributed by atoms with Crippen molar-refractivity contribution in [3.8, 4) is 5.75 Å². The van der Waals surface area contributed by atoms with Gasteiger partial charge in [-0.25, -0.2) is 0 Å². The highest BCUT2D eigenvalue weighted by Gasteiger charge is 2.01. The van der Waals surface area contributed by atoms with E-state index >= 15 is 0 Å². The minimum absolute atomic E-state index is 0.176. The van der Waals surface area contributed by atoms with Crippen LogP contribution in [0.1, 0.15) is 11.1 Å². The molecule has 0 atom stereocenters. The molecule has 2 nitrogen and oxygen atoms in total. The van der Waals surface area contributed by atoms with Gasteiger partial charge in [-0.05, 0) is 12.5 Å².